The highest BCUT2D eigenvalue weighted by atomic mass is 32.1. The van der Waals surface area contributed by atoms with Gasteiger partial charge in [-0.05, 0) is 39.7 Å². The molecule has 0 radical (unpaired) electrons. The highest BCUT2D eigenvalue weighted by Crippen LogP contribution is 2.23. The molecule has 1 aromatic rings. The van der Waals surface area contributed by atoms with Gasteiger partial charge in [-0.1, -0.05) is 49.6 Å². The summed E-state index contributed by atoms with van der Waals surface area (Å²) in [7, 11) is 0. The van der Waals surface area contributed by atoms with E-state index in [9.17, 15) is 14.4 Å². The summed E-state index contributed by atoms with van der Waals surface area (Å²) in [5, 5.41) is 5.32. The Morgan fingerprint density at radius 1 is 1.23 bits per heavy atom. The van der Waals surface area contributed by atoms with Crippen LogP contribution in [0.5, 0.6) is 0 Å². The molecule has 2 atom stereocenters. The first-order chi connectivity index (χ1) is 14.5. The van der Waals surface area contributed by atoms with E-state index in [2.05, 4.69) is 29.3 Å². The molecule has 0 saturated heterocycles. The lowest BCUT2D eigenvalue weighted by molar-refractivity contribution is -0.138. The van der Waals surface area contributed by atoms with E-state index < -0.39 is 35.6 Å². The topological polar surface area (TPSA) is 87.7 Å². The summed E-state index contributed by atoms with van der Waals surface area (Å²) in [6.45, 7) is 9.55. The van der Waals surface area contributed by atoms with Crippen LogP contribution < -0.4 is 10.6 Å². The minimum absolute atomic E-state index is 0.0195. The third-order valence-electron chi connectivity index (χ3n) is 4.28. The number of carbonyl (C=O) groups excluding carboxylic acids is 3. The van der Waals surface area contributed by atoms with Crippen LogP contribution in [0.1, 0.15) is 57.7 Å². The number of carbonyl (C=O) groups is 3. The largest absolute Gasteiger partial charge is 0.444 e. The molecule has 2 unspecified atom stereocenters. The van der Waals surface area contributed by atoms with Crippen LogP contribution >= 0.6 is 12.6 Å². The van der Waals surface area contributed by atoms with Crippen LogP contribution in [0.4, 0.5) is 4.79 Å². The molecule has 0 saturated carbocycles. The van der Waals surface area contributed by atoms with Crippen LogP contribution in [0.15, 0.2) is 24.3 Å². The number of ether oxygens (including phenoxy) is 1. The number of rotatable bonds is 9. The number of nitrogens with zero attached hydrogens (tertiary/aromatic N) is 1. The minimum atomic E-state index is -1.06. The summed E-state index contributed by atoms with van der Waals surface area (Å²) in [6.07, 6.45) is 6.61. The SMILES string of the molecule is C#CN(C(=O)C(CS)NC(=O)OC(C)(C)C)C(C(=O)NCCCC)c1ccc(C)cc1. The molecule has 0 aliphatic rings. The van der Waals surface area contributed by atoms with Gasteiger partial charge in [-0.2, -0.15) is 12.6 Å². The highest BCUT2D eigenvalue weighted by Gasteiger charge is 2.35. The second-order valence-electron chi connectivity index (χ2n) is 8.18. The van der Waals surface area contributed by atoms with E-state index in [0.717, 1.165) is 23.3 Å². The number of amides is 3. The number of thiol groups is 1. The highest BCUT2D eigenvalue weighted by molar-refractivity contribution is 7.80. The van der Waals surface area contributed by atoms with Gasteiger partial charge < -0.3 is 15.4 Å². The molecule has 3 amide bonds. The molecular formula is C23H33N3O4S. The lowest BCUT2D eigenvalue weighted by atomic mass is 10.0. The fourth-order valence-corrected chi connectivity index (χ4v) is 2.97. The van der Waals surface area contributed by atoms with Crippen molar-refractivity contribution >= 4 is 30.5 Å². The van der Waals surface area contributed by atoms with E-state index in [0.29, 0.717) is 12.1 Å². The summed E-state index contributed by atoms with van der Waals surface area (Å²) in [4.78, 5) is 39.4. The molecule has 0 spiro atoms. The predicted molar refractivity (Wildman–Crippen MR) is 125 cm³/mol. The lowest BCUT2D eigenvalue weighted by Crippen LogP contribution is -2.52. The van der Waals surface area contributed by atoms with E-state index in [1.807, 2.05) is 26.0 Å². The first kappa shape index (κ1) is 26.4. The minimum Gasteiger partial charge on any atom is -0.444 e. The summed E-state index contributed by atoms with van der Waals surface area (Å²) in [5.41, 5.74) is 0.845. The van der Waals surface area contributed by atoms with Crippen molar-refractivity contribution in [2.24, 2.45) is 0 Å². The Bertz CT molecular complexity index is 797. The van der Waals surface area contributed by atoms with Crippen LogP contribution in [-0.4, -0.2) is 46.7 Å². The fraction of sp³-hybridized carbons (Fsp3) is 0.522. The van der Waals surface area contributed by atoms with E-state index in [-0.39, 0.29) is 5.75 Å². The molecule has 0 aliphatic heterocycles. The molecule has 1 rings (SSSR count). The molecule has 8 heteroatoms. The summed E-state index contributed by atoms with van der Waals surface area (Å²) in [6, 6.07) is 7.41. The van der Waals surface area contributed by atoms with Crippen molar-refractivity contribution in [3.05, 3.63) is 35.4 Å². The Balaban J connectivity index is 3.18. The quantitative estimate of drug-likeness (QED) is 0.235. The molecule has 0 fully saturated rings. The zero-order chi connectivity index (χ0) is 23.6. The molecule has 0 bridgehead atoms. The predicted octanol–water partition coefficient (Wildman–Crippen LogP) is 3.19. The van der Waals surface area contributed by atoms with Gasteiger partial charge in [0.1, 0.15) is 17.7 Å². The van der Waals surface area contributed by atoms with E-state index in [1.54, 1.807) is 32.9 Å². The number of hydrogen-bond donors (Lipinski definition) is 3. The van der Waals surface area contributed by atoms with Gasteiger partial charge in [-0.15, -0.1) is 0 Å². The number of hydrogen-bond acceptors (Lipinski definition) is 5. The maximum absolute atomic E-state index is 13.2. The first-order valence-corrected chi connectivity index (χ1v) is 10.9. The number of benzene rings is 1. The molecule has 31 heavy (non-hydrogen) atoms. The van der Waals surface area contributed by atoms with Crippen molar-refractivity contribution in [1.82, 2.24) is 15.5 Å². The summed E-state index contributed by atoms with van der Waals surface area (Å²) in [5.74, 6) is -1.03. The maximum atomic E-state index is 13.2. The van der Waals surface area contributed by atoms with Crippen LogP contribution in [-0.2, 0) is 14.3 Å². The summed E-state index contributed by atoms with van der Waals surface area (Å²) < 4.78 is 5.22. The Morgan fingerprint density at radius 2 is 1.84 bits per heavy atom. The number of aryl methyl sites for hydroxylation is 1. The number of alkyl carbamates (subject to hydrolysis) is 1. The Hall–Kier alpha value is -2.66. The second-order valence-corrected chi connectivity index (χ2v) is 8.54. The molecule has 0 aromatic heterocycles. The van der Waals surface area contributed by atoms with E-state index in [1.165, 1.54) is 0 Å². The van der Waals surface area contributed by atoms with Gasteiger partial charge in [0, 0.05) is 18.3 Å². The van der Waals surface area contributed by atoms with Gasteiger partial charge in [0.15, 0.2) is 0 Å². The second kappa shape index (κ2) is 12.3. The molecule has 0 aliphatic carbocycles. The van der Waals surface area contributed by atoms with Crippen molar-refractivity contribution in [3.63, 3.8) is 0 Å². The zero-order valence-corrected chi connectivity index (χ0v) is 19.8. The molecule has 0 heterocycles. The van der Waals surface area contributed by atoms with Crippen molar-refractivity contribution in [2.45, 2.75) is 65.1 Å². The molecule has 7 nitrogen and oxygen atoms in total. The van der Waals surface area contributed by atoms with Gasteiger partial charge in [-0.3, -0.25) is 14.5 Å². The van der Waals surface area contributed by atoms with Crippen LogP contribution in [0.25, 0.3) is 0 Å². The number of unbranched alkanes of at least 4 members (excludes halogenated alkanes) is 1. The van der Waals surface area contributed by atoms with E-state index >= 15 is 0 Å². The third-order valence-corrected chi connectivity index (χ3v) is 4.64. The van der Waals surface area contributed by atoms with Gasteiger partial charge >= 0.3 is 6.09 Å². The number of nitrogens with one attached hydrogen (secondary N) is 2. The average molecular weight is 448 g/mol. The smallest absolute Gasteiger partial charge is 0.408 e. The van der Waals surface area contributed by atoms with Crippen molar-refractivity contribution in [2.75, 3.05) is 12.3 Å². The van der Waals surface area contributed by atoms with E-state index in [4.69, 9.17) is 11.2 Å². The van der Waals surface area contributed by atoms with Gasteiger partial charge in [0.25, 0.3) is 5.91 Å². The number of terminal acetylenes is 1. The fourth-order valence-electron chi connectivity index (χ4n) is 2.72. The molecule has 1 aromatic carbocycles. The monoisotopic (exact) mass is 447 g/mol. The average Bonchev–Trinajstić information content (AvgIpc) is 2.69. The van der Waals surface area contributed by atoms with Crippen LogP contribution in [0, 0.1) is 19.4 Å². The Labute approximate surface area is 190 Å². The summed E-state index contributed by atoms with van der Waals surface area (Å²) >= 11 is 4.18. The van der Waals surface area contributed by atoms with Crippen molar-refractivity contribution in [3.8, 4) is 12.5 Å². The Morgan fingerprint density at radius 3 is 2.32 bits per heavy atom. The normalized spacial score (nSPS) is 12.8. The first-order valence-electron chi connectivity index (χ1n) is 10.3. The van der Waals surface area contributed by atoms with Gasteiger partial charge in [0.2, 0.25) is 5.91 Å². The van der Waals surface area contributed by atoms with Crippen molar-refractivity contribution < 1.29 is 19.1 Å². The van der Waals surface area contributed by atoms with Crippen LogP contribution in [0.3, 0.4) is 0 Å². The lowest BCUT2D eigenvalue weighted by Gasteiger charge is -2.30. The van der Waals surface area contributed by atoms with Gasteiger partial charge in [0.05, 0.1) is 0 Å². The molecular weight excluding hydrogens is 414 g/mol. The standard InChI is InChI=1S/C23H33N3O4S/c1-7-9-14-24-20(27)19(17-12-10-16(3)11-13-17)26(8-2)21(28)18(15-31)25-22(29)30-23(4,5)6/h2,10-13,18-19,31H,7,9,14-15H2,1,3-6H3,(H,24,27)(H,25,29). The Kier molecular flexibility index (Phi) is 10.4. The third kappa shape index (κ3) is 8.54. The molecule has 170 valence electrons. The molecule has 2 N–H and O–H groups in total. The van der Waals surface area contributed by atoms with Crippen molar-refractivity contribution in [1.29, 1.82) is 0 Å². The maximum Gasteiger partial charge on any atom is 0.408 e. The zero-order valence-electron chi connectivity index (χ0n) is 18.9. The van der Waals surface area contributed by atoms with Crippen LogP contribution in [0.2, 0.25) is 0 Å². The van der Waals surface area contributed by atoms with Gasteiger partial charge in [-0.25, -0.2) is 4.79 Å².